The number of halogens is 1. The predicted molar refractivity (Wildman–Crippen MR) is 78.7 cm³/mol. The van der Waals surface area contributed by atoms with E-state index in [0.29, 0.717) is 22.7 Å². The number of hydrogen-bond acceptors (Lipinski definition) is 3. The molecule has 1 aromatic carbocycles. The van der Waals surface area contributed by atoms with Gasteiger partial charge in [-0.2, -0.15) is 0 Å². The quantitative estimate of drug-likeness (QED) is 0.794. The third-order valence-corrected chi connectivity index (χ3v) is 4.06. The number of carbonyl (C=O) groups is 1. The van der Waals surface area contributed by atoms with Crippen molar-refractivity contribution in [1.29, 1.82) is 0 Å². The molecule has 0 aliphatic heterocycles. The Morgan fingerprint density at radius 3 is 2.42 bits per heavy atom. The van der Waals surface area contributed by atoms with Crippen LogP contribution in [0.1, 0.15) is 36.0 Å². The summed E-state index contributed by atoms with van der Waals surface area (Å²) in [6.45, 7) is 0. The molecule has 104 valence electrons. The van der Waals surface area contributed by atoms with Gasteiger partial charge in [-0.1, -0.05) is 11.6 Å². The van der Waals surface area contributed by atoms with Crippen LogP contribution >= 0.6 is 11.6 Å². The van der Waals surface area contributed by atoms with Crippen LogP contribution in [0.5, 0.6) is 0 Å². The molecular weight excluding hydrogens is 262 g/mol. The summed E-state index contributed by atoms with van der Waals surface area (Å²) in [6.07, 6.45) is 4.59. The highest BCUT2D eigenvalue weighted by Crippen LogP contribution is 2.27. The van der Waals surface area contributed by atoms with E-state index in [2.05, 4.69) is 10.6 Å². The van der Waals surface area contributed by atoms with Crippen molar-refractivity contribution < 1.29 is 4.79 Å². The summed E-state index contributed by atoms with van der Waals surface area (Å²) in [5, 5.41) is 7.31. The lowest BCUT2D eigenvalue weighted by Crippen LogP contribution is -2.35. The smallest absolute Gasteiger partial charge is 0.248 e. The standard InChI is InChI=1S/C14H20ClN3O/c1-17-10-3-5-11(6-4-10)18-13-7-2-9(14(16)19)8-12(13)15/h2,7-8,10-11,17-18H,3-6H2,1H3,(H2,16,19). The molecule has 0 radical (unpaired) electrons. The minimum Gasteiger partial charge on any atom is -0.381 e. The summed E-state index contributed by atoms with van der Waals surface area (Å²) in [7, 11) is 2.01. The average Bonchev–Trinajstić information content (AvgIpc) is 2.41. The third-order valence-electron chi connectivity index (χ3n) is 3.75. The van der Waals surface area contributed by atoms with Crippen molar-refractivity contribution in [2.24, 2.45) is 5.73 Å². The maximum Gasteiger partial charge on any atom is 0.248 e. The van der Waals surface area contributed by atoms with Gasteiger partial charge in [-0.05, 0) is 50.9 Å². The second-order valence-electron chi connectivity index (χ2n) is 5.04. The maximum absolute atomic E-state index is 11.1. The zero-order valence-corrected chi connectivity index (χ0v) is 11.8. The van der Waals surface area contributed by atoms with Crippen molar-refractivity contribution in [1.82, 2.24) is 5.32 Å². The third kappa shape index (κ3) is 3.61. The van der Waals surface area contributed by atoms with Gasteiger partial charge in [0.15, 0.2) is 0 Å². The molecule has 0 atom stereocenters. The molecule has 1 aromatic rings. The van der Waals surface area contributed by atoms with Crippen LogP contribution < -0.4 is 16.4 Å². The first-order valence-electron chi connectivity index (χ1n) is 6.63. The molecule has 0 aromatic heterocycles. The van der Waals surface area contributed by atoms with E-state index >= 15 is 0 Å². The van der Waals surface area contributed by atoms with E-state index in [1.165, 1.54) is 12.8 Å². The number of rotatable bonds is 4. The lowest BCUT2D eigenvalue weighted by atomic mass is 9.91. The fraction of sp³-hybridized carbons (Fsp3) is 0.500. The average molecular weight is 282 g/mol. The van der Waals surface area contributed by atoms with Crippen LogP contribution in [0.15, 0.2) is 18.2 Å². The summed E-state index contributed by atoms with van der Waals surface area (Å²) in [5.74, 6) is -0.456. The molecule has 1 aliphatic carbocycles. The molecule has 19 heavy (non-hydrogen) atoms. The van der Waals surface area contributed by atoms with Crippen molar-refractivity contribution in [3.8, 4) is 0 Å². The molecule has 0 heterocycles. The van der Waals surface area contributed by atoms with Crippen LogP contribution in [0.3, 0.4) is 0 Å². The Morgan fingerprint density at radius 1 is 1.26 bits per heavy atom. The van der Waals surface area contributed by atoms with Gasteiger partial charge in [-0.3, -0.25) is 4.79 Å². The molecule has 0 bridgehead atoms. The van der Waals surface area contributed by atoms with Crippen LogP contribution in [0, 0.1) is 0 Å². The first-order valence-corrected chi connectivity index (χ1v) is 7.01. The molecule has 4 N–H and O–H groups in total. The second-order valence-corrected chi connectivity index (χ2v) is 5.45. The van der Waals surface area contributed by atoms with Gasteiger partial charge in [0, 0.05) is 17.6 Å². The number of amides is 1. The number of nitrogens with one attached hydrogen (secondary N) is 2. The van der Waals surface area contributed by atoms with Crippen molar-refractivity contribution >= 4 is 23.2 Å². The monoisotopic (exact) mass is 281 g/mol. The summed E-state index contributed by atoms with van der Waals surface area (Å²) in [5.41, 5.74) is 6.54. The summed E-state index contributed by atoms with van der Waals surface area (Å²) in [4.78, 5) is 11.1. The molecule has 1 amide bonds. The number of hydrogen-bond donors (Lipinski definition) is 3. The van der Waals surface area contributed by atoms with Crippen LogP contribution in [0.2, 0.25) is 5.02 Å². The molecule has 0 spiro atoms. The highest BCUT2D eigenvalue weighted by Gasteiger charge is 2.20. The summed E-state index contributed by atoms with van der Waals surface area (Å²) in [6, 6.07) is 6.22. The summed E-state index contributed by atoms with van der Waals surface area (Å²) < 4.78 is 0. The second kappa shape index (κ2) is 6.26. The van der Waals surface area contributed by atoms with E-state index in [0.717, 1.165) is 18.5 Å². The Hall–Kier alpha value is -1.26. The van der Waals surface area contributed by atoms with Crippen LogP contribution in [0.4, 0.5) is 5.69 Å². The summed E-state index contributed by atoms with van der Waals surface area (Å²) >= 11 is 6.17. The van der Waals surface area contributed by atoms with Crippen LogP contribution in [0.25, 0.3) is 0 Å². The van der Waals surface area contributed by atoms with Crippen molar-refractivity contribution in [3.63, 3.8) is 0 Å². The number of nitrogens with two attached hydrogens (primary N) is 1. The van der Waals surface area contributed by atoms with E-state index in [4.69, 9.17) is 17.3 Å². The number of benzene rings is 1. The van der Waals surface area contributed by atoms with E-state index in [9.17, 15) is 4.79 Å². The predicted octanol–water partition coefficient (Wildman–Crippen LogP) is 2.38. The van der Waals surface area contributed by atoms with E-state index in [1.54, 1.807) is 12.1 Å². The lowest BCUT2D eigenvalue weighted by molar-refractivity contribution is 0.100. The number of primary amides is 1. The maximum atomic E-state index is 11.1. The molecule has 2 rings (SSSR count). The Morgan fingerprint density at radius 2 is 1.89 bits per heavy atom. The molecule has 0 unspecified atom stereocenters. The number of carbonyl (C=O) groups excluding carboxylic acids is 1. The molecule has 4 nitrogen and oxygen atoms in total. The van der Waals surface area contributed by atoms with Gasteiger partial charge in [-0.15, -0.1) is 0 Å². The Bertz CT molecular complexity index is 456. The number of anilines is 1. The SMILES string of the molecule is CNC1CCC(Nc2ccc(C(N)=O)cc2Cl)CC1. The van der Waals surface area contributed by atoms with Crippen molar-refractivity contribution in [2.75, 3.05) is 12.4 Å². The molecule has 0 saturated heterocycles. The van der Waals surface area contributed by atoms with E-state index in [1.807, 2.05) is 13.1 Å². The first-order chi connectivity index (χ1) is 9.10. The van der Waals surface area contributed by atoms with Crippen LogP contribution in [-0.2, 0) is 0 Å². The highest BCUT2D eigenvalue weighted by atomic mass is 35.5. The Labute approximate surface area is 118 Å². The van der Waals surface area contributed by atoms with E-state index in [-0.39, 0.29) is 0 Å². The lowest BCUT2D eigenvalue weighted by Gasteiger charge is -2.29. The zero-order valence-electron chi connectivity index (χ0n) is 11.1. The minimum absolute atomic E-state index is 0.439. The largest absolute Gasteiger partial charge is 0.381 e. The Kier molecular flexibility index (Phi) is 4.66. The van der Waals surface area contributed by atoms with Gasteiger partial charge in [0.05, 0.1) is 10.7 Å². The van der Waals surface area contributed by atoms with Gasteiger partial charge in [0.2, 0.25) is 5.91 Å². The van der Waals surface area contributed by atoms with Gasteiger partial charge >= 0.3 is 0 Å². The fourth-order valence-electron chi connectivity index (χ4n) is 2.53. The first kappa shape index (κ1) is 14.2. The van der Waals surface area contributed by atoms with E-state index < -0.39 is 5.91 Å². The fourth-order valence-corrected chi connectivity index (χ4v) is 2.77. The van der Waals surface area contributed by atoms with Gasteiger partial charge in [-0.25, -0.2) is 0 Å². The molecule has 1 fully saturated rings. The van der Waals surface area contributed by atoms with Gasteiger partial charge in [0.25, 0.3) is 0 Å². The molecule has 5 heteroatoms. The topological polar surface area (TPSA) is 67.2 Å². The van der Waals surface area contributed by atoms with Crippen molar-refractivity contribution in [2.45, 2.75) is 37.8 Å². The van der Waals surface area contributed by atoms with Gasteiger partial charge in [0.1, 0.15) is 0 Å². The minimum atomic E-state index is -0.456. The van der Waals surface area contributed by atoms with Gasteiger partial charge < -0.3 is 16.4 Å². The normalized spacial score (nSPS) is 23.1. The molecule has 1 saturated carbocycles. The zero-order chi connectivity index (χ0) is 13.8. The molecule has 1 aliphatic rings. The van der Waals surface area contributed by atoms with Crippen molar-refractivity contribution in [3.05, 3.63) is 28.8 Å². The highest BCUT2D eigenvalue weighted by molar-refractivity contribution is 6.33. The van der Waals surface area contributed by atoms with Crippen LogP contribution in [-0.4, -0.2) is 25.0 Å². The molecular formula is C14H20ClN3O. The Balaban J connectivity index is 1.98.